The van der Waals surface area contributed by atoms with Gasteiger partial charge >= 0.3 is 0 Å². The maximum absolute atomic E-state index is 12.5. The van der Waals surface area contributed by atoms with Crippen molar-refractivity contribution in [1.82, 2.24) is 4.90 Å². The number of amides is 1. The highest BCUT2D eigenvalue weighted by Crippen LogP contribution is 2.33. The van der Waals surface area contributed by atoms with E-state index in [0.29, 0.717) is 23.5 Å². The minimum Gasteiger partial charge on any atom is -0.444 e. The van der Waals surface area contributed by atoms with E-state index in [2.05, 4.69) is 48.0 Å². The molecule has 3 rings (SSSR count). The van der Waals surface area contributed by atoms with Crippen LogP contribution in [0.3, 0.4) is 0 Å². The van der Waals surface area contributed by atoms with E-state index >= 15 is 0 Å². The number of carbonyl (C=O) groups is 1. The van der Waals surface area contributed by atoms with Crippen LogP contribution in [0.4, 0.5) is 0 Å². The monoisotopic (exact) mass is 333 g/mol. The number of hydrogen-bond acceptors (Lipinski definition) is 2. The highest BCUT2D eigenvalue weighted by molar-refractivity contribution is 9.10. The number of furan rings is 1. The standard InChI is InChI=1S/C16H16BrNO2/c1-16(2)10-18(9-11-5-3-4-6-12(11)16)15(19)13-7-8-14(17)20-13/h3-8H,9-10H2,1-2H3. The number of nitrogens with zero attached hydrogens (tertiary/aromatic N) is 1. The molecular formula is C16H16BrNO2. The Morgan fingerprint density at radius 3 is 2.70 bits per heavy atom. The van der Waals surface area contributed by atoms with E-state index < -0.39 is 0 Å². The summed E-state index contributed by atoms with van der Waals surface area (Å²) in [5, 5.41) is 0. The zero-order chi connectivity index (χ0) is 14.3. The summed E-state index contributed by atoms with van der Waals surface area (Å²) in [6, 6.07) is 11.8. The van der Waals surface area contributed by atoms with Crippen molar-refractivity contribution in [3.05, 3.63) is 58.0 Å². The van der Waals surface area contributed by atoms with Gasteiger partial charge in [0, 0.05) is 18.5 Å². The van der Waals surface area contributed by atoms with E-state index in [0.717, 1.165) is 0 Å². The van der Waals surface area contributed by atoms with Crippen LogP contribution in [-0.4, -0.2) is 17.4 Å². The Labute approximate surface area is 126 Å². The molecule has 1 aromatic carbocycles. The van der Waals surface area contributed by atoms with Crippen molar-refractivity contribution in [2.45, 2.75) is 25.8 Å². The van der Waals surface area contributed by atoms with Gasteiger partial charge in [0.25, 0.3) is 5.91 Å². The first kappa shape index (κ1) is 13.4. The van der Waals surface area contributed by atoms with Crippen LogP contribution >= 0.6 is 15.9 Å². The van der Waals surface area contributed by atoms with Gasteiger partial charge in [-0.2, -0.15) is 0 Å². The second kappa shape index (κ2) is 4.77. The lowest BCUT2D eigenvalue weighted by molar-refractivity contribution is 0.0652. The van der Waals surface area contributed by atoms with Gasteiger partial charge in [-0.15, -0.1) is 0 Å². The SMILES string of the molecule is CC1(C)CN(C(=O)c2ccc(Br)o2)Cc2ccccc21. The predicted octanol–water partition coefficient (Wildman–Crippen LogP) is 3.98. The minimum atomic E-state index is -0.0571. The molecule has 0 aliphatic carbocycles. The molecule has 0 saturated carbocycles. The lowest BCUT2D eigenvalue weighted by atomic mass is 9.78. The molecule has 0 radical (unpaired) electrons. The van der Waals surface area contributed by atoms with Crippen LogP contribution in [-0.2, 0) is 12.0 Å². The van der Waals surface area contributed by atoms with Crippen molar-refractivity contribution in [1.29, 1.82) is 0 Å². The van der Waals surface area contributed by atoms with E-state index in [1.165, 1.54) is 11.1 Å². The first-order chi connectivity index (χ1) is 9.47. The largest absolute Gasteiger partial charge is 0.444 e. The first-order valence-corrected chi connectivity index (χ1v) is 7.40. The van der Waals surface area contributed by atoms with Gasteiger partial charge in [0.05, 0.1) is 0 Å². The fourth-order valence-electron chi connectivity index (χ4n) is 2.87. The highest BCUT2D eigenvalue weighted by Gasteiger charge is 2.34. The van der Waals surface area contributed by atoms with E-state index in [1.54, 1.807) is 12.1 Å². The van der Waals surface area contributed by atoms with Gasteiger partial charge in [-0.3, -0.25) is 4.79 Å². The Morgan fingerprint density at radius 2 is 2.00 bits per heavy atom. The van der Waals surface area contributed by atoms with Crippen molar-refractivity contribution < 1.29 is 9.21 Å². The Bertz CT molecular complexity index is 660. The Hall–Kier alpha value is -1.55. The van der Waals surface area contributed by atoms with Crippen molar-refractivity contribution >= 4 is 21.8 Å². The average Bonchev–Trinajstić information content (AvgIpc) is 2.84. The summed E-state index contributed by atoms with van der Waals surface area (Å²) in [6.45, 7) is 5.67. The fourth-order valence-corrected chi connectivity index (χ4v) is 3.18. The molecular weight excluding hydrogens is 318 g/mol. The Balaban J connectivity index is 1.93. The fraction of sp³-hybridized carbons (Fsp3) is 0.312. The summed E-state index contributed by atoms with van der Waals surface area (Å²) in [5.74, 6) is 0.324. The van der Waals surface area contributed by atoms with Gasteiger partial charge in [-0.25, -0.2) is 0 Å². The third-order valence-corrected chi connectivity index (χ3v) is 4.19. The number of carbonyl (C=O) groups excluding carboxylic acids is 1. The molecule has 0 spiro atoms. The molecule has 0 atom stereocenters. The third kappa shape index (κ3) is 2.29. The molecule has 3 nitrogen and oxygen atoms in total. The Kier molecular flexibility index (Phi) is 3.21. The van der Waals surface area contributed by atoms with Crippen LogP contribution in [0.25, 0.3) is 0 Å². The molecule has 0 unspecified atom stereocenters. The van der Waals surface area contributed by atoms with E-state index in [1.807, 2.05) is 11.0 Å². The molecule has 20 heavy (non-hydrogen) atoms. The smallest absolute Gasteiger partial charge is 0.289 e. The van der Waals surface area contributed by atoms with Gasteiger partial charge in [0.2, 0.25) is 0 Å². The second-order valence-electron chi connectivity index (χ2n) is 5.81. The van der Waals surface area contributed by atoms with Crippen molar-refractivity contribution in [2.75, 3.05) is 6.54 Å². The maximum Gasteiger partial charge on any atom is 0.289 e. The molecule has 104 valence electrons. The summed E-state index contributed by atoms with van der Waals surface area (Å²) in [5.41, 5.74) is 2.49. The molecule has 1 amide bonds. The zero-order valence-corrected chi connectivity index (χ0v) is 13.1. The summed E-state index contributed by atoms with van der Waals surface area (Å²) < 4.78 is 5.96. The molecule has 2 aromatic rings. The summed E-state index contributed by atoms with van der Waals surface area (Å²) in [4.78, 5) is 14.4. The average molecular weight is 334 g/mol. The molecule has 2 heterocycles. The van der Waals surface area contributed by atoms with Gasteiger partial charge in [0.15, 0.2) is 10.4 Å². The lowest BCUT2D eigenvalue weighted by Gasteiger charge is -2.39. The van der Waals surface area contributed by atoms with Gasteiger partial charge in [-0.1, -0.05) is 38.1 Å². The maximum atomic E-state index is 12.5. The minimum absolute atomic E-state index is 0.0473. The molecule has 1 aliphatic rings. The zero-order valence-electron chi connectivity index (χ0n) is 11.5. The van der Waals surface area contributed by atoms with E-state index in [4.69, 9.17) is 4.42 Å². The number of halogens is 1. The van der Waals surface area contributed by atoms with Crippen LogP contribution in [0.5, 0.6) is 0 Å². The van der Waals surface area contributed by atoms with Crippen LogP contribution in [0, 0.1) is 0 Å². The van der Waals surface area contributed by atoms with E-state index in [-0.39, 0.29) is 11.3 Å². The van der Waals surface area contributed by atoms with Crippen molar-refractivity contribution in [3.8, 4) is 0 Å². The molecule has 1 aromatic heterocycles. The van der Waals surface area contributed by atoms with Crippen LogP contribution < -0.4 is 0 Å². The van der Waals surface area contributed by atoms with Crippen molar-refractivity contribution in [3.63, 3.8) is 0 Å². The molecule has 4 heteroatoms. The Morgan fingerprint density at radius 1 is 1.25 bits per heavy atom. The van der Waals surface area contributed by atoms with Crippen molar-refractivity contribution in [2.24, 2.45) is 0 Å². The number of rotatable bonds is 1. The number of fused-ring (bicyclic) bond motifs is 1. The van der Waals surface area contributed by atoms with Gasteiger partial charge in [-0.05, 0) is 39.2 Å². The van der Waals surface area contributed by atoms with Crippen LogP contribution in [0.15, 0.2) is 45.5 Å². The molecule has 0 bridgehead atoms. The third-order valence-electron chi connectivity index (χ3n) is 3.77. The first-order valence-electron chi connectivity index (χ1n) is 6.60. The second-order valence-corrected chi connectivity index (χ2v) is 6.59. The summed E-state index contributed by atoms with van der Waals surface area (Å²) in [6.07, 6.45) is 0. The van der Waals surface area contributed by atoms with Gasteiger partial charge in [0.1, 0.15) is 0 Å². The van der Waals surface area contributed by atoms with Crippen LogP contribution in [0.2, 0.25) is 0 Å². The molecule has 1 aliphatic heterocycles. The predicted molar refractivity (Wildman–Crippen MR) is 80.6 cm³/mol. The molecule has 0 saturated heterocycles. The normalized spacial score (nSPS) is 16.9. The van der Waals surface area contributed by atoms with Gasteiger partial charge < -0.3 is 9.32 Å². The molecule has 0 N–H and O–H groups in total. The quantitative estimate of drug-likeness (QED) is 0.790. The summed E-state index contributed by atoms with van der Waals surface area (Å²) >= 11 is 3.24. The topological polar surface area (TPSA) is 33.5 Å². The molecule has 0 fully saturated rings. The highest BCUT2D eigenvalue weighted by atomic mass is 79.9. The van der Waals surface area contributed by atoms with E-state index in [9.17, 15) is 4.79 Å². The number of hydrogen-bond donors (Lipinski definition) is 0. The van der Waals surface area contributed by atoms with Crippen LogP contribution in [0.1, 0.15) is 35.5 Å². The lowest BCUT2D eigenvalue weighted by Crippen LogP contribution is -2.44. The number of benzene rings is 1. The summed E-state index contributed by atoms with van der Waals surface area (Å²) in [7, 11) is 0.